The van der Waals surface area contributed by atoms with E-state index in [1.54, 1.807) is 0 Å². The molecule has 0 radical (unpaired) electrons. The van der Waals surface area contributed by atoms with Crippen molar-refractivity contribution in [1.82, 2.24) is 0 Å². The normalized spacial score (nSPS) is 11.1. The van der Waals surface area contributed by atoms with Gasteiger partial charge in [-0.25, -0.2) is 13.2 Å². The second-order valence-electron chi connectivity index (χ2n) is 3.83. The Kier molecular flexibility index (Phi) is 5.20. The number of hydrogen-bond acceptors (Lipinski definition) is 2. The Balaban J connectivity index is 3.04. The van der Waals surface area contributed by atoms with Crippen LogP contribution in [0.1, 0.15) is 16.8 Å². The van der Waals surface area contributed by atoms with Crippen molar-refractivity contribution in [3.05, 3.63) is 72.1 Å². The van der Waals surface area contributed by atoms with Crippen molar-refractivity contribution in [3.8, 4) is 0 Å². The van der Waals surface area contributed by atoms with Gasteiger partial charge in [-0.2, -0.15) is 0 Å². The van der Waals surface area contributed by atoms with E-state index in [-0.39, 0.29) is 5.57 Å². The summed E-state index contributed by atoms with van der Waals surface area (Å²) in [6, 6.07) is 0.767. The van der Waals surface area contributed by atoms with Gasteiger partial charge in [0.05, 0.1) is 12.0 Å². The van der Waals surface area contributed by atoms with Gasteiger partial charge in [-0.1, -0.05) is 31.4 Å². The van der Waals surface area contributed by atoms with Crippen LogP contribution in [0.25, 0.3) is 0 Å². The predicted octanol–water partition coefficient (Wildman–Crippen LogP) is 3.54. The van der Waals surface area contributed by atoms with Crippen molar-refractivity contribution < 1.29 is 22.8 Å². The molecule has 0 atom stereocenters. The molecular formula is C15H11F3O2. The lowest BCUT2D eigenvalue weighted by Crippen LogP contribution is -2.13. The molecule has 0 spiro atoms. The maximum Gasteiger partial charge on any atom is 0.176 e. The van der Waals surface area contributed by atoms with Gasteiger partial charge in [0.2, 0.25) is 0 Å². The first-order valence-corrected chi connectivity index (χ1v) is 5.56. The average molecular weight is 280 g/mol. The van der Waals surface area contributed by atoms with Crippen LogP contribution in [-0.2, 0) is 4.79 Å². The number of halogens is 3. The molecule has 1 aromatic carbocycles. The van der Waals surface area contributed by atoms with Gasteiger partial charge in [-0.15, -0.1) is 0 Å². The summed E-state index contributed by atoms with van der Waals surface area (Å²) in [6.45, 7) is 6.76. The van der Waals surface area contributed by atoms with E-state index >= 15 is 0 Å². The summed E-state index contributed by atoms with van der Waals surface area (Å²) in [7, 11) is 0. The Labute approximate surface area is 113 Å². The molecule has 0 unspecified atom stereocenters. The van der Waals surface area contributed by atoms with Crippen molar-refractivity contribution >= 4 is 11.6 Å². The molecule has 0 aliphatic rings. The van der Waals surface area contributed by atoms with Gasteiger partial charge in [0.1, 0.15) is 17.5 Å². The monoisotopic (exact) mass is 280 g/mol. The highest BCUT2D eigenvalue weighted by Gasteiger charge is 2.21. The van der Waals surface area contributed by atoms with E-state index in [1.807, 2.05) is 0 Å². The fourth-order valence-corrected chi connectivity index (χ4v) is 1.55. The van der Waals surface area contributed by atoms with E-state index in [9.17, 15) is 22.8 Å². The molecule has 0 aliphatic heterocycles. The minimum absolute atomic E-state index is 0.0938. The van der Waals surface area contributed by atoms with Crippen LogP contribution in [0, 0.1) is 17.5 Å². The van der Waals surface area contributed by atoms with Crippen LogP contribution >= 0.6 is 0 Å². The summed E-state index contributed by atoms with van der Waals surface area (Å²) in [5.41, 5.74) is -0.835. The highest BCUT2D eigenvalue weighted by atomic mass is 19.1. The first kappa shape index (κ1) is 15.6. The lowest BCUT2D eigenvalue weighted by atomic mass is 10.0. The number of carbonyl (C=O) groups excluding carboxylic acids is 2. The molecule has 20 heavy (non-hydrogen) atoms. The molecular weight excluding hydrogens is 269 g/mol. The summed E-state index contributed by atoms with van der Waals surface area (Å²) < 4.78 is 39.5. The summed E-state index contributed by atoms with van der Waals surface area (Å²) >= 11 is 0. The van der Waals surface area contributed by atoms with Crippen LogP contribution in [0.3, 0.4) is 0 Å². The Morgan fingerprint density at radius 2 is 1.65 bits per heavy atom. The second kappa shape index (κ2) is 6.65. The number of allylic oxidation sites excluding steroid dienone is 4. The number of Topliss-reactive ketones (excluding diaryl/α,β-unsaturated/α-hetero) is 2. The molecule has 1 rings (SSSR count). The fourth-order valence-electron chi connectivity index (χ4n) is 1.55. The van der Waals surface area contributed by atoms with Gasteiger partial charge in [-0.3, -0.25) is 9.59 Å². The smallest absolute Gasteiger partial charge is 0.176 e. The highest BCUT2D eigenvalue weighted by molar-refractivity contribution is 6.14. The molecule has 0 aliphatic carbocycles. The molecule has 2 nitrogen and oxygen atoms in total. The van der Waals surface area contributed by atoms with E-state index in [1.165, 1.54) is 18.2 Å². The molecule has 0 heterocycles. The van der Waals surface area contributed by atoms with Gasteiger partial charge < -0.3 is 0 Å². The molecule has 0 saturated carbocycles. The van der Waals surface area contributed by atoms with Crippen LogP contribution in [-0.4, -0.2) is 11.6 Å². The predicted molar refractivity (Wildman–Crippen MR) is 68.7 cm³/mol. The van der Waals surface area contributed by atoms with Gasteiger partial charge in [-0.05, 0) is 0 Å². The van der Waals surface area contributed by atoms with E-state index in [0.717, 1.165) is 0 Å². The maximum absolute atomic E-state index is 13.4. The molecule has 0 aromatic heterocycles. The third kappa shape index (κ3) is 3.54. The van der Waals surface area contributed by atoms with Crippen LogP contribution in [0.15, 0.2) is 49.1 Å². The average Bonchev–Trinajstić information content (AvgIpc) is 2.34. The zero-order valence-electron chi connectivity index (χ0n) is 10.5. The molecule has 0 saturated heterocycles. The van der Waals surface area contributed by atoms with Gasteiger partial charge >= 0.3 is 0 Å². The van der Waals surface area contributed by atoms with E-state index < -0.39 is 41.0 Å². The summed E-state index contributed by atoms with van der Waals surface area (Å²) in [5.74, 6) is -5.54. The summed E-state index contributed by atoms with van der Waals surface area (Å²) in [4.78, 5) is 23.4. The van der Waals surface area contributed by atoms with Crippen LogP contribution in [0.5, 0.6) is 0 Å². The van der Waals surface area contributed by atoms with Crippen molar-refractivity contribution in [2.75, 3.05) is 0 Å². The van der Waals surface area contributed by atoms with Crippen LogP contribution < -0.4 is 0 Å². The first-order chi connectivity index (χ1) is 9.40. The van der Waals surface area contributed by atoms with Gasteiger partial charge in [0, 0.05) is 17.7 Å². The summed E-state index contributed by atoms with van der Waals surface area (Å²) in [5, 5.41) is 0. The zero-order chi connectivity index (χ0) is 15.3. The lowest BCUT2D eigenvalue weighted by Gasteiger charge is -2.04. The van der Waals surface area contributed by atoms with E-state index in [4.69, 9.17) is 0 Å². The van der Waals surface area contributed by atoms with Crippen LogP contribution in [0.4, 0.5) is 13.2 Å². The highest BCUT2D eigenvalue weighted by Crippen LogP contribution is 2.17. The number of rotatable bonds is 6. The third-order valence-electron chi connectivity index (χ3n) is 2.45. The third-order valence-corrected chi connectivity index (χ3v) is 2.45. The molecule has 1 aromatic rings. The van der Waals surface area contributed by atoms with Crippen molar-refractivity contribution in [2.45, 2.75) is 6.42 Å². The Bertz CT molecular complexity index is 593. The quantitative estimate of drug-likeness (QED) is 0.345. The topological polar surface area (TPSA) is 34.1 Å². The molecule has 0 bridgehead atoms. The number of ketones is 2. The number of benzene rings is 1. The van der Waals surface area contributed by atoms with Gasteiger partial charge in [0.25, 0.3) is 0 Å². The van der Waals surface area contributed by atoms with Gasteiger partial charge in [0.15, 0.2) is 11.6 Å². The Hall–Kier alpha value is -2.43. The second-order valence-corrected chi connectivity index (χ2v) is 3.83. The minimum atomic E-state index is -1.34. The van der Waals surface area contributed by atoms with E-state index in [0.29, 0.717) is 12.1 Å². The maximum atomic E-state index is 13.4. The van der Waals surface area contributed by atoms with Crippen molar-refractivity contribution in [1.29, 1.82) is 0 Å². The standard InChI is InChI=1S/C15H11F3O2/c1-3-5-9(4-2)13(19)8-14(20)15-11(17)6-10(16)7-12(15)18/h3-7H,1-2,8H2/b9-5+. The minimum Gasteiger partial charge on any atom is -0.294 e. The SMILES string of the molecule is C=C/C=C(\C=C)C(=O)CC(=O)c1c(F)cc(F)cc1F. The number of carbonyl (C=O) groups is 2. The zero-order valence-corrected chi connectivity index (χ0v) is 10.5. The summed E-state index contributed by atoms with van der Waals surface area (Å²) in [6.07, 6.45) is 3.10. The Morgan fingerprint density at radius 3 is 2.10 bits per heavy atom. The fraction of sp³-hybridized carbons (Fsp3) is 0.0667. The lowest BCUT2D eigenvalue weighted by molar-refractivity contribution is -0.114. The largest absolute Gasteiger partial charge is 0.294 e. The Morgan fingerprint density at radius 1 is 1.10 bits per heavy atom. The molecule has 104 valence electrons. The van der Waals surface area contributed by atoms with Crippen LogP contribution in [0.2, 0.25) is 0 Å². The first-order valence-electron chi connectivity index (χ1n) is 5.56. The molecule has 0 fully saturated rings. The number of hydrogen-bond donors (Lipinski definition) is 0. The molecule has 0 amide bonds. The molecule has 5 heteroatoms. The van der Waals surface area contributed by atoms with Crippen molar-refractivity contribution in [3.63, 3.8) is 0 Å². The van der Waals surface area contributed by atoms with Crippen molar-refractivity contribution in [2.24, 2.45) is 0 Å². The molecule has 0 N–H and O–H groups in total. The van der Waals surface area contributed by atoms with E-state index in [2.05, 4.69) is 13.2 Å².